The monoisotopic (exact) mass is 520 g/mol. The van der Waals surface area contributed by atoms with E-state index in [0.29, 0.717) is 0 Å². The lowest BCUT2D eigenvalue weighted by atomic mass is 9.80. The van der Waals surface area contributed by atoms with Gasteiger partial charge in [-0.3, -0.25) is 0 Å². The van der Waals surface area contributed by atoms with Gasteiger partial charge in [-0.05, 0) is 99.7 Å². The van der Waals surface area contributed by atoms with Gasteiger partial charge < -0.3 is 0 Å². The Labute approximate surface area is 239 Å². The van der Waals surface area contributed by atoms with Gasteiger partial charge >= 0.3 is 0 Å². The van der Waals surface area contributed by atoms with Gasteiger partial charge in [0.2, 0.25) is 0 Å². The van der Waals surface area contributed by atoms with Crippen LogP contribution >= 0.6 is 0 Å². The summed E-state index contributed by atoms with van der Waals surface area (Å²) in [5, 5.41) is 10.6. The van der Waals surface area contributed by atoms with Crippen molar-refractivity contribution in [3.8, 4) is 33.4 Å². The van der Waals surface area contributed by atoms with Crippen molar-refractivity contribution in [2.75, 3.05) is 0 Å². The molecule has 0 N–H and O–H groups in total. The quantitative estimate of drug-likeness (QED) is 0.199. The Morgan fingerprint density at radius 3 is 1.90 bits per heavy atom. The van der Waals surface area contributed by atoms with Crippen LogP contribution in [0.3, 0.4) is 0 Å². The predicted octanol–water partition coefficient (Wildman–Crippen LogP) is 11.4. The van der Waals surface area contributed by atoms with Crippen LogP contribution in [0.4, 0.5) is 0 Å². The molecule has 0 heteroatoms. The summed E-state index contributed by atoms with van der Waals surface area (Å²) in [5.41, 5.74) is 10.7. The Hall–Kier alpha value is -4.94. The van der Waals surface area contributed by atoms with Crippen molar-refractivity contribution in [2.45, 2.75) is 19.3 Å². The smallest absolute Gasteiger partial charge is 0.0165 e. The third kappa shape index (κ3) is 3.11. The van der Waals surface area contributed by atoms with Gasteiger partial charge in [0.15, 0.2) is 0 Å². The van der Waals surface area contributed by atoms with Crippen LogP contribution in [0.15, 0.2) is 133 Å². The molecule has 0 saturated heterocycles. The van der Waals surface area contributed by atoms with Gasteiger partial charge in [0, 0.05) is 5.41 Å². The number of benzene rings is 8. The van der Waals surface area contributed by atoms with Crippen LogP contribution in [0.5, 0.6) is 0 Å². The Balaban J connectivity index is 1.19. The van der Waals surface area contributed by atoms with Crippen LogP contribution in [0.25, 0.3) is 76.5 Å². The highest BCUT2D eigenvalue weighted by molar-refractivity contribution is 6.25. The highest BCUT2D eigenvalue weighted by atomic mass is 14.4. The zero-order valence-electron chi connectivity index (χ0n) is 23.2. The molecule has 0 bridgehead atoms. The molecular weight excluding hydrogens is 492 g/mol. The maximum absolute atomic E-state index is 2.37. The summed E-state index contributed by atoms with van der Waals surface area (Å²) >= 11 is 0. The molecule has 0 fully saturated rings. The molecule has 1 aliphatic rings. The standard InChI is InChI=1S/C41H28/c1-41(2)37-12-4-3-11-34(37)36-22-18-31-24-29(17-20-33(31)40(36)41)28-9-6-10-30(23-28)32-19-15-27-14-13-25-7-5-8-26-16-21-35(32)39(27)38(25)26/h3-24H,1-2H3. The van der Waals surface area contributed by atoms with Gasteiger partial charge in [0.25, 0.3) is 0 Å². The summed E-state index contributed by atoms with van der Waals surface area (Å²) in [7, 11) is 0. The molecule has 0 radical (unpaired) electrons. The second-order valence-electron chi connectivity index (χ2n) is 12.1. The molecule has 41 heavy (non-hydrogen) atoms. The Morgan fingerprint density at radius 1 is 0.390 bits per heavy atom. The lowest BCUT2D eigenvalue weighted by Gasteiger charge is -2.23. The molecule has 0 saturated carbocycles. The Morgan fingerprint density at radius 2 is 1.02 bits per heavy atom. The average Bonchev–Trinajstić information content (AvgIpc) is 3.26. The minimum absolute atomic E-state index is 0.0120. The molecule has 0 spiro atoms. The number of hydrogen-bond donors (Lipinski definition) is 0. The largest absolute Gasteiger partial charge is 0.0619 e. The fourth-order valence-electron chi connectivity index (χ4n) is 7.66. The first-order valence-corrected chi connectivity index (χ1v) is 14.5. The van der Waals surface area contributed by atoms with Crippen molar-refractivity contribution >= 4 is 43.1 Å². The lowest BCUT2D eigenvalue weighted by Crippen LogP contribution is -2.15. The van der Waals surface area contributed by atoms with Gasteiger partial charge in [-0.1, -0.05) is 135 Å². The van der Waals surface area contributed by atoms with Crippen LogP contribution in [0.1, 0.15) is 25.0 Å². The third-order valence-corrected chi connectivity index (χ3v) is 9.57. The van der Waals surface area contributed by atoms with Crippen LogP contribution in [-0.4, -0.2) is 0 Å². The first kappa shape index (κ1) is 22.8. The van der Waals surface area contributed by atoms with Gasteiger partial charge in [0.1, 0.15) is 0 Å². The van der Waals surface area contributed by atoms with E-state index in [2.05, 4.69) is 147 Å². The van der Waals surface area contributed by atoms with Crippen molar-refractivity contribution in [2.24, 2.45) is 0 Å². The van der Waals surface area contributed by atoms with E-state index in [4.69, 9.17) is 0 Å². The van der Waals surface area contributed by atoms with E-state index in [1.807, 2.05) is 0 Å². The zero-order valence-corrected chi connectivity index (χ0v) is 23.2. The van der Waals surface area contributed by atoms with Crippen LogP contribution in [0.2, 0.25) is 0 Å². The molecule has 192 valence electrons. The highest BCUT2D eigenvalue weighted by Crippen LogP contribution is 2.51. The van der Waals surface area contributed by atoms with Crippen molar-refractivity contribution in [1.29, 1.82) is 0 Å². The summed E-state index contributed by atoms with van der Waals surface area (Å²) in [6.07, 6.45) is 0. The normalized spacial score (nSPS) is 13.8. The number of rotatable bonds is 2. The number of fused-ring (bicyclic) bond motifs is 5. The first-order chi connectivity index (χ1) is 20.1. The summed E-state index contributed by atoms with van der Waals surface area (Å²) in [6.45, 7) is 4.73. The van der Waals surface area contributed by atoms with Crippen molar-refractivity contribution < 1.29 is 0 Å². The maximum atomic E-state index is 2.37. The minimum atomic E-state index is -0.0120. The van der Waals surface area contributed by atoms with E-state index in [1.54, 1.807) is 0 Å². The predicted molar refractivity (Wildman–Crippen MR) is 176 cm³/mol. The Kier molecular flexibility index (Phi) is 4.49. The SMILES string of the molecule is CC1(C)c2ccccc2-c2ccc3cc(-c4cccc(-c5ccc6ccc7cccc8ccc5c6c78)c4)ccc3c21. The fourth-order valence-corrected chi connectivity index (χ4v) is 7.66. The molecule has 0 aliphatic heterocycles. The molecule has 8 aromatic rings. The number of hydrogen-bond acceptors (Lipinski definition) is 0. The van der Waals surface area contributed by atoms with Crippen LogP contribution in [0, 0.1) is 0 Å². The third-order valence-electron chi connectivity index (χ3n) is 9.57. The van der Waals surface area contributed by atoms with E-state index in [9.17, 15) is 0 Å². The summed E-state index contributed by atoms with van der Waals surface area (Å²) < 4.78 is 0. The highest BCUT2D eigenvalue weighted by Gasteiger charge is 2.36. The van der Waals surface area contributed by atoms with E-state index >= 15 is 0 Å². The molecule has 0 amide bonds. The molecule has 0 heterocycles. The molecule has 0 unspecified atom stereocenters. The van der Waals surface area contributed by atoms with Crippen LogP contribution in [-0.2, 0) is 5.41 Å². The molecule has 1 aliphatic carbocycles. The van der Waals surface area contributed by atoms with E-state index in [-0.39, 0.29) is 5.41 Å². The van der Waals surface area contributed by atoms with Crippen molar-refractivity contribution in [3.63, 3.8) is 0 Å². The summed E-state index contributed by atoms with van der Waals surface area (Å²) in [5.74, 6) is 0. The maximum Gasteiger partial charge on any atom is 0.0165 e. The molecule has 0 atom stereocenters. The minimum Gasteiger partial charge on any atom is -0.0619 e. The first-order valence-electron chi connectivity index (χ1n) is 14.5. The molecule has 0 nitrogen and oxygen atoms in total. The van der Waals surface area contributed by atoms with E-state index in [1.165, 1.54) is 87.6 Å². The van der Waals surface area contributed by atoms with Crippen molar-refractivity contribution in [1.82, 2.24) is 0 Å². The van der Waals surface area contributed by atoms with Gasteiger partial charge in [-0.2, -0.15) is 0 Å². The van der Waals surface area contributed by atoms with Crippen molar-refractivity contribution in [3.05, 3.63) is 145 Å². The topological polar surface area (TPSA) is 0 Å². The van der Waals surface area contributed by atoms with Gasteiger partial charge in [-0.25, -0.2) is 0 Å². The molecule has 9 rings (SSSR count). The molecular formula is C41H28. The second-order valence-corrected chi connectivity index (χ2v) is 12.1. The zero-order chi connectivity index (χ0) is 27.3. The molecule has 8 aromatic carbocycles. The fraction of sp³-hybridized carbons (Fsp3) is 0.0732. The van der Waals surface area contributed by atoms with E-state index < -0.39 is 0 Å². The van der Waals surface area contributed by atoms with Gasteiger partial charge in [-0.15, -0.1) is 0 Å². The molecule has 0 aromatic heterocycles. The summed E-state index contributed by atoms with van der Waals surface area (Å²) in [4.78, 5) is 0. The summed E-state index contributed by atoms with van der Waals surface area (Å²) in [6, 6.07) is 49.9. The second kappa shape index (κ2) is 8.05. The van der Waals surface area contributed by atoms with E-state index in [0.717, 1.165) is 0 Å². The Bertz CT molecular complexity index is 2320. The average molecular weight is 521 g/mol. The lowest BCUT2D eigenvalue weighted by molar-refractivity contribution is 0.666. The van der Waals surface area contributed by atoms with Gasteiger partial charge in [0.05, 0.1) is 0 Å². The van der Waals surface area contributed by atoms with Crippen LogP contribution < -0.4 is 0 Å².